The molecule has 66 valence electrons. The molecule has 2 heterocycles. The number of aromatic nitrogens is 2. The lowest BCUT2D eigenvalue weighted by Gasteiger charge is -2.20. The summed E-state index contributed by atoms with van der Waals surface area (Å²) in [6.07, 6.45) is 4.43. The molecular formula is C9H15N3. The van der Waals surface area contributed by atoms with Gasteiger partial charge in [0.15, 0.2) is 0 Å². The van der Waals surface area contributed by atoms with E-state index >= 15 is 0 Å². The lowest BCUT2D eigenvalue weighted by atomic mass is 10.1. The maximum atomic E-state index is 3.98. The number of hydrogen-bond donors (Lipinski definition) is 1. The van der Waals surface area contributed by atoms with Gasteiger partial charge < -0.3 is 0 Å². The van der Waals surface area contributed by atoms with E-state index in [9.17, 15) is 0 Å². The first kappa shape index (κ1) is 7.80. The molecule has 3 nitrogen and oxygen atoms in total. The van der Waals surface area contributed by atoms with Gasteiger partial charge in [0.25, 0.3) is 0 Å². The van der Waals surface area contributed by atoms with Crippen molar-refractivity contribution in [3.8, 4) is 0 Å². The minimum Gasteiger partial charge on any atom is -0.295 e. The standard InChI is InChI=1S/C9H15N3/c1-2-12-7-3-4-9(12)8-5-6-10-11-8/h5-6,9H,2-4,7H2,1H3,(H,10,11). The van der Waals surface area contributed by atoms with Crippen LogP contribution in [0.4, 0.5) is 0 Å². The van der Waals surface area contributed by atoms with Gasteiger partial charge in [0.2, 0.25) is 0 Å². The van der Waals surface area contributed by atoms with E-state index in [0.717, 1.165) is 6.54 Å². The van der Waals surface area contributed by atoms with Gasteiger partial charge in [0.05, 0.1) is 11.7 Å². The highest BCUT2D eigenvalue weighted by Crippen LogP contribution is 2.29. The predicted octanol–water partition coefficient (Wildman–Crippen LogP) is 1.57. The van der Waals surface area contributed by atoms with E-state index in [4.69, 9.17) is 0 Å². The second-order valence-electron chi connectivity index (χ2n) is 3.30. The molecule has 1 aliphatic heterocycles. The molecule has 0 bridgehead atoms. The Morgan fingerprint density at radius 2 is 2.67 bits per heavy atom. The van der Waals surface area contributed by atoms with Gasteiger partial charge >= 0.3 is 0 Å². The van der Waals surface area contributed by atoms with Crippen LogP contribution in [0.2, 0.25) is 0 Å². The summed E-state index contributed by atoms with van der Waals surface area (Å²) in [7, 11) is 0. The van der Waals surface area contributed by atoms with Gasteiger partial charge in [0.1, 0.15) is 0 Å². The number of rotatable bonds is 2. The second kappa shape index (κ2) is 3.27. The Bertz CT molecular complexity index is 230. The largest absolute Gasteiger partial charge is 0.295 e. The van der Waals surface area contributed by atoms with Crippen molar-refractivity contribution in [1.29, 1.82) is 0 Å². The zero-order valence-corrected chi connectivity index (χ0v) is 7.45. The molecule has 2 rings (SSSR count). The molecular weight excluding hydrogens is 150 g/mol. The number of nitrogens with one attached hydrogen (secondary N) is 1. The number of H-pyrrole nitrogens is 1. The Morgan fingerprint density at radius 1 is 1.75 bits per heavy atom. The van der Waals surface area contributed by atoms with Crippen molar-refractivity contribution in [2.45, 2.75) is 25.8 Å². The predicted molar refractivity (Wildman–Crippen MR) is 47.8 cm³/mol. The summed E-state index contributed by atoms with van der Waals surface area (Å²) >= 11 is 0. The molecule has 1 atom stereocenters. The highest BCUT2D eigenvalue weighted by Gasteiger charge is 2.24. The van der Waals surface area contributed by atoms with E-state index in [-0.39, 0.29) is 0 Å². The monoisotopic (exact) mass is 165 g/mol. The Morgan fingerprint density at radius 3 is 3.33 bits per heavy atom. The molecule has 12 heavy (non-hydrogen) atoms. The third kappa shape index (κ3) is 1.25. The number of likely N-dealkylation sites (tertiary alicyclic amines) is 1. The highest BCUT2D eigenvalue weighted by atomic mass is 15.2. The van der Waals surface area contributed by atoms with Gasteiger partial charge in [-0.1, -0.05) is 6.92 Å². The van der Waals surface area contributed by atoms with Gasteiger partial charge in [-0.05, 0) is 32.0 Å². The zero-order valence-electron chi connectivity index (χ0n) is 7.45. The van der Waals surface area contributed by atoms with Crippen molar-refractivity contribution in [3.63, 3.8) is 0 Å². The number of aromatic amines is 1. The van der Waals surface area contributed by atoms with Crippen molar-refractivity contribution >= 4 is 0 Å². The van der Waals surface area contributed by atoms with Crippen molar-refractivity contribution in [1.82, 2.24) is 15.1 Å². The lowest BCUT2D eigenvalue weighted by Crippen LogP contribution is -2.22. The van der Waals surface area contributed by atoms with E-state index in [1.54, 1.807) is 0 Å². The van der Waals surface area contributed by atoms with Crippen LogP contribution < -0.4 is 0 Å². The zero-order chi connectivity index (χ0) is 8.39. The number of hydrogen-bond acceptors (Lipinski definition) is 2. The van der Waals surface area contributed by atoms with Crippen molar-refractivity contribution in [2.75, 3.05) is 13.1 Å². The van der Waals surface area contributed by atoms with E-state index in [2.05, 4.69) is 28.1 Å². The van der Waals surface area contributed by atoms with Crippen molar-refractivity contribution in [2.24, 2.45) is 0 Å². The molecule has 0 amide bonds. The lowest BCUT2D eigenvalue weighted by molar-refractivity contribution is 0.267. The van der Waals surface area contributed by atoms with Crippen LogP contribution in [0.15, 0.2) is 12.3 Å². The summed E-state index contributed by atoms with van der Waals surface area (Å²) in [6, 6.07) is 2.68. The first-order valence-electron chi connectivity index (χ1n) is 4.65. The fourth-order valence-corrected chi connectivity index (χ4v) is 2.01. The van der Waals surface area contributed by atoms with Crippen LogP contribution in [0.3, 0.4) is 0 Å². The second-order valence-corrected chi connectivity index (χ2v) is 3.30. The Kier molecular flexibility index (Phi) is 2.13. The van der Waals surface area contributed by atoms with Crippen LogP contribution in [-0.4, -0.2) is 28.2 Å². The van der Waals surface area contributed by atoms with Crippen LogP contribution in [0.25, 0.3) is 0 Å². The maximum absolute atomic E-state index is 3.98. The summed E-state index contributed by atoms with van der Waals surface area (Å²) in [4.78, 5) is 2.49. The third-order valence-corrected chi connectivity index (χ3v) is 2.65. The molecule has 1 fully saturated rings. The van der Waals surface area contributed by atoms with Crippen LogP contribution in [0, 0.1) is 0 Å². The molecule has 1 aliphatic rings. The fourth-order valence-electron chi connectivity index (χ4n) is 2.01. The highest BCUT2D eigenvalue weighted by molar-refractivity contribution is 5.06. The molecule has 1 aromatic heterocycles. The molecule has 1 N–H and O–H groups in total. The van der Waals surface area contributed by atoms with E-state index < -0.39 is 0 Å². The van der Waals surface area contributed by atoms with Gasteiger partial charge in [-0.25, -0.2) is 0 Å². The van der Waals surface area contributed by atoms with Crippen LogP contribution in [-0.2, 0) is 0 Å². The van der Waals surface area contributed by atoms with Gasteiger partial charge in [-0.3, -0.25) is 10.00 Å². The van der Waals surface area contributed by atoms with Crippen molar-refractivity contribution < 1.29 is 0 Å². The molecule has 0 saturated carbocycles. The van der Waals surface area contributed by atoms with Crippen molar-refractivity contribution in [3.05, 3.63) is 18.0 Å². The molecule has 1 saturated heterocycles. The summed E-state index contributed by atoms with van der Waals surface area (Å²) in [6.45, 7) is 4.60. The molecule has 0 spiro atoms. The average Bonchev–Trinajstić information content (AvgIpc) is 2.74. The fraction of sp³-hybridized carbons (Fsp3) is 0.667. The summed E-state index contributed by atoms with van der Waals surface area (Å²) in [5.74, 6) is 0. The average molecular weight is 165 g/mol. The number of nitrogens with zero attached hydrogens (tertiary/aromatic N) is 2. The Hall–Kier alpha value is -0.830. The normalized spacial score (nSPS) is 24.9. The molecule has 0 aromatic carbocycles. The smallest absolute Gasteiger partial charge is 0.0523 e. The van der Waals surface area contributed by atoms with Gasteiger partial charge in [0, 0.05) is 6.20 Å². The molecule has 0 radical (unpaired) electrons. The Labute approximate surface area is 72.8 Å². The van der Waals surface area contributed by atoms with Crippen LogP contribution in [0.1, 0.15) is 31.5 Å². The molecule has 0 aliphatic carbocycles. The Balaban J connectivity index is 2.13. The topological polar surface area (TPSA) is 31.9 Å². The van der Waals surface area contributed by atoms with E-state index in [0.29, 0.717) is 6.04 Å². The minimum absolute atomic E-state index is 0.595. The molecule has 1 aromatic rings. The summed E-state index contributed by atoms with van der Waals surface area (Å²) in [5.41, 5.74) is 1.27. The first-order chi connectivity index (χ1) is 5.92. The maximum Gasteiger partial charge on any atom is 0.0523 e. The minimum atomic E-state index is 0.595. The van der Waals surface area contributed by atoms with Crippen LogP contribution >= 0.6 is 0 Å². The van der Waals surface area contributed by atoms with E-state index in [1.165, 1.54) is 25.1 Å². The van der Waals surface area contributed by atoms with Gasteiger partial charge in [-0.2, -0.15) is 5.10 Å². The third-order valence-electron chi connectivity index (χ3n) is 2.65. The van der Waals surface area contributed by atoms with E-state index in [1.807, 2.05) is 6.20 Å². The summed E-state index contributed by atoms with van der Waals surface area (Å²) in [5, 5.41) is 7.04. The molecule has 1 unspecified atom stereocenters. The summed E-state index contributed by atoms with van der Waals surface area (Å²) < 4.78 is 0. The SMILES string of the molecule is CCN1CCCC1c1ccn[nH]1. The quantitative estimate of drug-likeness (QED) is 0.721. The van der Waals surface area contributed by atoms with Crippen LogP contribution in [0.5, 0.6) is 0 Å². The first-order valence-corrected chi connectivity index (χ1v) is 4.65. The molecule has 3 heteroatoms. The van der Waals surface area contributed by atoms with Gasteiger partial charge in [-0.15, -0.1) is 0 Å².